The molecule has 1 atom stereocenters. The SMILES string of the molecule is CCC(Sc1cccc(NC(=O)/C(=C/c2cccc(OC)c2)NC(=O)c2ccccc2)c1)C(=O)Nc1ccccc1Br. The fraction of sp³-hybridized carbons (Fsp3) is 0.121. The van der Waals surface area contributed by atoms with Crippen LogP contribution in [0.4, 0.5) is 11.4 Å². The van der Waals surface area contributed by atoms with Crippen LogP contribution in [0.25, 0.3) is 6.08 Å². The van der Waals surface area contributed by atoms with Gasteiger partial charge in [0, 0.05) is 20.6 Å². The van der Waals surface area contributed by atoms with Gasteiger partial charge in [-0.05, 0) is 88.6 Å². The Morgan fingerprint density at radius 1 is 0.881 bits per heavy atom. The van der Waals surface area contributed by atoms with Gasteiger partial charge in [-0.25, -0.2) is 0 Å². The molecule has 0 aliphatic heterocycles. The minimum Gasteiger partial charge on any atom is -0.497 e. The number of anilines is 2. The second kappa shape index (κ2) is 15.0. The molecule has 4 aromatic rings. The molecule has 3 N–H and O–H groups in total. The Bertz CT molecular complexity index is 1590. The number of thioether (sulfide) groups is 1. The summed E-state index contributed by atoms with van der Waals surface area (Å²) < 4.78 is 6.11. The maximum atomic E-state index is 13.5. The van der Waals surface area contributed by atoms with Gasteiger partial charge in [0.15, 0.2) is 0 Å². The number of hydrogen-bond donors (Lipinski definition) is 3. The standard InChI is InChI=1S/C33H30BrN3O4S/c1-3-30(33(40)36-28-18-8-7-17-27(28)34)42-26-16-10-14-24(21-26)35-32(39)29(20-22-11-9-15-25(19-22)41-2)37-31(38)23-12-5-4-6-13-23/h4-21,30H,3H2,1-2H3,(H,35,39)(H,36,40)(H,37,38)/b29-20-. The fourth-order valence-electron chi connectivity index (χ4n) is 3.95. The highest BCUT2D eigenvalue weighted by Gasteiger charge is 2.20. The molecule has 214 valence electrons. The van der Waals surface area contributed by atoms with Crippen LogP contribution >= 0.6 is 27.7 Å². The number of ether oxygens (including phenoxy) is 1. The Balaban J connectivity index is 1.52. The van der Waals surface area contributed by atoms with E-state index in [1.54, 1.807) is 67.8 Å². The van der Waals surface area contributed by atoms with Crippen molar-refractivity contribution in [3.63, 3.8) is 0 Å². The summed E-state index contributed by atoms with van der Waals surface area (Å²) in [5, 5.41) is 8.25. The molecular formula is C33H30BrN3O4S. The smallest absolute Gasteiger partial charge is 0.272 e. The van der Waals surface area contributed by atoms with E-state index in [0.717, 1.165) is 9.37 Å². The number of hydrogen-bond acceptors (Lipinski definition) is 5. The van der Waals surface area contributed by atoms with Crippen molar-refractivity contribution in [2.75, 3.05) is 17.7 Å². The number of halogens is 1. The minimum absolute atomic E-state index is 0.0643. The van der Waals surface area contributed by atoms with Crippen LogP contribution in [0.2, 0.25) is 0 Å². The van der Waals surface area contributed by atoms with E-state index in [-0.39, 0.29) is 16.9 Å². The summed E-state index contributed by atoms with van der Waals surface area (Å²) in [7, 11) is 1.56. The predicted molar refractivity (Wildman–Crippen MR) is 173 cm³/mol. The van der Waals surface area contributed by atoms with Crippen molar-refractivity contribution in [1.82, 2.24) is 5.32 Å². The number of nitrogens with one attached hydrogen (secondary N) is 3. The molecule has 0 saturated carbocycles. The summed E-state index contributed by atoms with van der Waals surface area (Å²) in [5.41, 5.74) is 2.40. The molecule has 4 aromatic carbocycles. The predicted octanol–water partition coefficient (Wildman–Crippen LogP) is 7.38. The van der Waals surface area contributed by atoms with Gasteiger partial charge in [0.2, 0.25) is 5.91 Å². The van der Waals surface area contributed by atoms with Gasteiger partial charge in [-0.15, -0.1) is 11.8 Å². The first-order valence-corrected chi connectivity index (χ1v) is 14.9. The zero-order chi connectivity index (χ0) is 29.9. The first kappa shape index (κ1) is 30.6. The van der Waals surface area contributed by atoms with E-state index >= 15 is 0 Å². The molecule has 0 spiro atoms. The number of carbonyl (C=O) groups excluding carboxylic acids is 3. The molecule has 1 unspecified atom stereocenters. The van der Waals surface area contributed by atoms with Crippen molar-refractivity contribution in [2.24, 2.45) is 0 Å². The third-order valence-corrected chi connectivity index (χ3v) is 8.15. The summed E-state index contributed by atoms with van der Waals surface area (Å²) in [6, 6.07) is 30.6. The molecule has 42 heavy (non-hydrogen) atoms. The van der Waals surface area contributed by atoms with Crippen molar-refractivity contribution < 1.29 is 19.1 Å². The minimum atomic E-state index is -0.497. The number of amides is 3. The number of benzene rings is 4. The zero-order valence-corrected chi connectivity index (χ0v) is 25.5. The number of para-hydroxylation sites is 1. The van der Waals surface area contributed by atoms with E-state index in [1.165, 1.54) is 11.8 Å². The highest BCUT2D eigenvalue weighted by atomic mass is 79.9. The molecule has 7 nitrogen and oxygen atoms in total. The van der Waals surface area contributed by atoms with Crippen LogP contribution in [-0.4, -0.2) is 30.1 Å². The van der Waals surface area contributed by atoms with Crippen molar-refractivity contribution in [3.8, 4) is 5.75 Å². The Labute approximate surface area is 257 Å². The van der Waals surface area contributed by atoms with E-state index in [0.29, 0.717) is 34.7 Å². The van der Waals surface area contributed by atoms with Crippen molar-refractivity contribution in [3.05, 3.63) is 124 Å². The molecule has 0 bridgehead atoms. The lowest BCUT2D eigenvalue weighted by molar-refractivity contribution is -0.116. The van der Waals surface area contributed by atoms with Crippen LogP contribution in [-0.2, 0) is 9.59 Å². The molecule has 0 aromatic heterocycles. The van der Waals surface area contributed by atoms with Gasteiger partial charge in [-0.2, -0.15) is 0 Å². The molecule has 0 saturated heterocycles. The normalized spacial score (nSPS) is 11.7. The number of carbonyl (C=O) groups is 3. The zero-order valence-electron chi connectivity index (χ0n) is 23.1. The quantitative estimate of drug-likeness (QED) is 0.117. The number of methoxy groups -OCH3 is 1. The summed E-state index contributed by atoms with van der Waals surface area (Å²) in [4.78, 5) is 40.2. The van der Waals surface area contributed by atoms with E-state index in [2.05, 4.69) is 31.9 Å². The highest BCUT2D eigenvalue weighted by molar-refractivity contribution is 9.10. The van der Waals surface area contributed by atoms with Crippen LogP contribution in [0.1, 0.15) is 29.3 Å². The first-order chi connectivity index (χ1) is 20.4. The Morgan fingerprint density at radius 2 is 1.62 bits per heavy atom. The molecule has 0 aliphatic rings. The second-order valence-electron chi connectivity index (χ2n) is 9.12. The third-order valence-electron chi connectivity index (χ3n) is 6.10. The second-order valence-corrected chi connectivity index (χ2v) is 11.3. The van der Waals surface area contributed by atoms with Crippen LogP contribution in [0.5, 0.6) is 5.75 Å². The van der Waals surface area contributed by atoms with Gasteiger partial charge in [0.1, 0.15) is 11.4 Å². The highest BCUT2D eigenvalue weighted by Crippen LogP contribution is 2.30. The molecule has 3 amide bonds. The van der Waals surface area contributed by atoms with Crippen molar-refractivity contribution >= 4 is 62.9 Å². The monoisotopic (exact) mass is 643 g/mol. The largest absolute Gasteiger partial charge is 0.497 e. The summed E-state index contributed by atoms with van der Waals surface area (Å²) in [6.45, 7) is 1.95. The molecule has 4 rings (SSSR count). The van der Waals surface area contributed by atoms with Crippen LogP contribution in [0, 0.1) is 0 Å². The molecule has 0 radical (unpaired) electrons. The van der Waals surface area contributed by atoms with Gasteiger partial charge in [-0.1, -0.05) is 55.5 Å². The van der Waals surface area contributed by atoms with Crippen molar-refractivity contribution in [1.29, 1.82) is 0 Å². The third kappa shape index (κ3) is 8.58. The van der Waals surface area contributed by atoms with Gasteiger partial charge in [0.05, 0.1) is 18.0 Å². The summed E-state index contributed by atoms with van der Waals surface area (Å²) >= 11 is 4.87. The van der Waals surface area contributed by atoms with Gasteiger partial charge in [-0.3, -0.25) is 14.4 Å². The van der Waals surface area contributed by atoms with Crippen LogP contribution < -0.4 is 20.7 Å². The maximum Gasteiger partial charge on any atom is 0.272 e. The molecular weight excluding hydrogens is 614 g/mol. The topological polar surface area (TPSA) is 96.5 Å². The van der Waals surface area contributed by atoms with Gasteiger partial charge in [0.25, 0.3) is 11.8 Å². The molecule has 9 heteroatoms. The maximum absolute atomic E-state index is 13.5. The van der Waals surface area contributed by atoms with Gasteiger partial charge < -0.3 is 20.7 Å². The molecule has 0 fully saturated rings. The Morgan fingerprint density at radius 3 is 2.36 bits per heavy atom. The molecule has 0 heterocycles. The Kier molecular flexibility index (Phi) is 11.0. The lowest BCUT2D eigenvalue weighted by Crippen LogP contribution is -2.30. The van der Waals surface area contributed by atoms with E-state index < -0.39 is 11.8 Å². The summed E-state index contributed by atoms with van der Waals surface area (Å²) in [6.07, 6.45) is 2.20. The number of rotatable bonds is 11. The van der Waals surface area contributed by atoms with E-state index in [9.17, 15) is 14.4 Å². The van der Waals surface area contributed by atoms with Crippen LogP contribution in [0.3, 0.4) is 0 Å². The fourth-order valence-corrected chi connectivity index (χ4v) is 5.35. The van der Waals surface area contributed by atoms with Gasteiger partial charge >= 0.3 is 0 Å². The van der Waals surface area contributed by atoms with E-state index in [4.69, 9.17) is 4.74 Å². The Hall–Kier alpha value is -4.34. The first-order valence-electron chi connectivity index (χ1n) is 13.2. The lowest BCUT2D eigenvalue weighted by Gasteiger charge is -2.16. The average Bonchev–Trinajstić information content (AvgIpc) is 3.01. The van der Waals surface area contributed by atoms with Crippen molar-refractivity contribution in [2.45, 2.75) is 23.5 Å². The summed E-state index contributed by atoms with van der Waals surface area (Å²) in [5.74, 6) is -0.401. The lowest BCUT2D eigenvalue weighted by atomic mass is 10.1. The van der Waals surface area contributed by atoms with Crippen LogP contribution in [0.15, 0.2) is 118 Å². The van der Waals surface area contributed by atoms with E-state index in [1.807, 2.05) is 55.5 Å². The average molecular weight is 645 g/mol. The molecule has 0 aliphatic carbocycles.